The van der Waals surface area contributed by atoms with Crippen molar-refractivity contribution >= 4 is 34.1 Å². The molecule has 206 valence electrons. The second-order valence-electron chi connectivity index (χ2n) is 9.82. The maximum absolute atomic E-state index is 13.7. The molecule has 1 unspecified atom stereocenters. The number of rotatable bonds is 7. The van der Waals surface area contributed by atoms with Crippen molar-refractivity contribution in [3.8, 4) is 28.4 Å². The zero-order chi connectivity index (χ0) is 28.6. The normalized spacial score (nSPS) is 14.9. The molecule has 0 radical (unpaired) electrons. The van der Waals surface area contributed by atoms with Crippen LogP contribution in [0.4, 0.5) is 0 Å². The lowest BCUT2D eigenvalue weighted by Crippen LogP contribution is -2.30. The van der Waals surface area contributed by atoms with E-state index in [1.54, 1.807) is 26.4 Å². The van der Waals surface area contributed by atoms with Crippen LogP contribution < -0.4 is 19.8 Å². The van der Waals surface area contributed by atoms with E-state index in [2.05, 4.69) is 4.98 Å². The van der Waals surface area contributed by atoms with Gasteiger partial charge in [0, 0.05) is 33.8 Å². The summed E-state index contributed by atoms with van der Waals surface area (Å²) in [5.41, 5.74) is 3.55. The van der Waals surface area contributed by atoms with Gasteiger partial charge in [0.05, 0.1) is 38.6 Å². The maximum atomic E-state index is 13.7. The first kappa shape index (κ1) is 27.3. The Kier molecular flexibility index (Phi) is 7.54. The largest absolute Gasteiger partial charge is 0.493 e. The lowest BCUT2D eigenvalue weighted by atomic mass is 9.91. The fraction of sp³-hybridized carbons (Fsp3) is 0.258. The van der Waals surface area contributed by atoms with Crippen LogP contribution in [0.5, 0.6) is 17.2 Å². The number of carbonyl (C=O) groups is 1. The lowest BCUT2D eigenvalue weighted by Gasteiger charge is -2.25. The van der Waals surface area contributed by atoms with Gasteiger partial charge in [-0.25, -0.2) is 5.01 Å². The molecule has 1 aliphatic rings. The van der Waals surface area contributed by atoms with E-state index in [0.29, 0.717) is 51.0 Å². The van der Waals surface area contributed by atoms with E-state index in [1.165, 1.54) is 12.1 Å². The van der Waals surface area contributed by atoms with Crippen molar-refractivity contribution in [3.05, 3.63) is 87.2 Å². The molecule has 0 saturated carbocycles. The third-order valence-electron chi connectivity index (χ3n) is 7.03. The number of hydrogen-bond acceptors (Lipinski definition) is 6. The monoisotopic (exact) mass is 559 g/mol. The Bertz CT molecular complexity index is 1660. The summed E-state index contributed by atoms with van der Waals surface area (Å²) >= 11 is 6.41. The van der Waals surface area contributed by atoms with E-state index in [0.717, 1.165) is 16.5 Å². The van der Waals surface area contributed by atoms with Crippen LogP contribution in [0.2, 0.25) is 5.02 Å². The van der Waals surface area contributed by atoms with Crippen LogP contribution in [0, 0.1) is 5.92 Å². The van der Waals surface area contributed by atoms with E-state index in [9.17, 15) is 9.59 Å². The number of benzene rings is 3. The molecule has 8 nitrogen and oxygen atoms in total. The number of methoxy groups -OCH3 is 3. The van der Waals surface area contributed by atoms with Gasteiger partial charge >= 0.3 is 0 Å². The highest BCUT2D eigenvalue weighted by Crippen LogP contribution is 2.44. The Hall–Kier alpha value is -4.30. The average Bonchev–Trinajstić information content (AvgIpc) is 3.40. The van der Waals surface area contributed by atoms with Gasteiger partial charge in [0.2, 0.25) is 11.7 Å². The summed E-state index contributed by atoms with van der Waals surface area (Å²) in [5.74, 6) is 0.880. The smallest absolute Gasteiger partial charge is 0.258 e. The van der Waals surface area contributed by atoms with E-state index in [1.807, 2.05) is 62.4 Å². The number of halogens is 1. The molecule has 0 spiro atoms. The van der Waals surface area contributed by atoms with Gasteiger partial charge in [0.15, 0.2) is 11.5 Å². The van der Waals surface area contributed by atoms with Crippen molar-refractivity contribution in [1.82, 2.24) is 9.99 Å². The number of nitrogens with one attached hydrogen (secondary N) is 1. The van der Waals surface area contributed by atoms with Crippen LogP contribution in [0.3, 0.4) is 0 Å². The second kappa shape index (κ2) is 11.1. The number of hydrogen-bond donors (Lipinski definition) is 1. The molecule has 0 saturated heterocycles. The molecule has 9 heteroatoms. The minimum Gasteiger partial charge on any atom is -0.493 e. The molecule has 1 aliphatic heterocycles. The Morgan fingerprint density at radius 1 is 0.975 bits per heavy atom. The van der Waals surface area contributed by atoms with Crippen LogP contribution in [0.15, 0.2) is 70.6 Å². The quantitative estimate of drug-likeness (QED) is 0.291. The first-order valence-electron chi connectivity index (χ1n) is 12.9. The van der Waals surface area contributed by atoms with Crippen molar-refractivity contribution < 1.29 is 19.0 Å². The number of ether oxygens (including phenoxy) is 3. The van der Waals surface area contributed by atoms with Crippen molar-refractivity contribution in [2.24, 2.45) is 11.0 Å². The number of aromatic nitrogens is 1. The molecule has 0 fully saturated rings. The van der Waals surface area contributed by atoms with Gasteiger partial charge in [-0.15, -0.1) is 0 Å². The fourth-order valence-corrected chi connectivity index (χ4v) is 5.30. The highest BCUT2D eigenvalue weighted by molar-refractivity contribution is 6.31. The summed E-state index contributed by atoms with van der Waals surface area (Å²) in [6.07, 6.45) is 0.298. The van der Waals surface area contributed by atoms with E-state index >= 15 is 0 Å². The lowest BCUT2D eigenvalue weighted by molar-refractivity contribution is -0.136. The number of fused-ring (bicyclic) bond motifs is 1. The van der Waals surface area contributed by atoms with Crippen LogP contribution in [-0.2, 0) is 4.79 Å². The molecule has 0 bridgehead atoms. The third-order valence-corrected chi connectivity index (χ3v) is 7.26. The Morgan fingerprint density at radius 2 is 1.65 bits per heavy atom. The SMILES string of the molecule is COc1cc(C2CC(c3c(-c4ccccc4)c4cc(Cl)ccc4[nH]c3=O)=NN2C(=O)C(C)C)cc(OC)c1OC. The van der Waals surface area contributed by atoms with E-state index < -0.39 is 6.04 Å². The minimum absolute atomic E-state index is 0.171. The molecule has 1 N–H and O–H groups in total. The highest BCUT2D eigenvalue weighted by atomic mass is 35.5. The molecule has 1 aromatic heterocycles. The molecular formula is C31H30ClN3O5. The number of nitrogens with zero attached hydrogens (tertiary/aromatic N) is 2. The summed E-state index contributed by atoms with van der Waals surface area (Å²) in [7, 11) is 4.62. The fourth-order valence-electron chi connectivity index (χ4n) is 5.13. The first-order chi connectivity index (χ1) is 19.3. The molecule has 0 aliphatic carbocycles. The number of pyridine rings is 1. The van der Waals surface area contributed by atoms with Gasteiger partial charge in [-0.1, -0.05) is 55.8 Å². The number of hydrazone groups is 1. The predicted molar refractivity (Wildman–Crippen MR) is 157 cm³/mol. The summed E-state index contributed by atoms with van der Waals surface area (Å²) in [5, 5.41) is 7.60. The summed E-state index contributed by atoms with van der Waals surface area (Å²) in [4.78, 5) is 30.2. The zero-order valence-electron chi connectivity index (χ0n) is 22.9. The van der Waals surface area contributed by atoms with Crippen LogP contribution >= 0.6 is 11.6 Å². The third kappa shape index (κ3) is 4.79. The first-order valence-corrected chi connectivity index (χ1v) is 13.3. The minimum atomic E-state index is -0.503. The number of amides is 1. The average molecular weight is 560 g/mol. The summed E-state index contributed by atoms with van der Waals surface area (Å²) in [6.45, 7) is 3.64. The molecule has 3 aromatic carbocycles. The zero-order valence-corrected chi connectivity index (χ0v) is 23.7. The molecule has 1 atom stereocenters. The van der Waals surface area contributed by atoms with Crippen LogP contribution in [0.1, 0.15) is 37.4 Å². The van der Waals surface area contributed by atoms with Gasteiger partial charge in [-0.3, -0.25) is 9.59 Å². The number of carbonyl (C=O) groups excluding carboxylic acids is 1. The maximum Gasteiger partial charge on any atom is 0.258 e. The van der Waals surface area contributed by atoms with Crippen LogP contribution in [-0.4, -0.2) is 42.9 Å². The Labute approximate surface area is 237 Å². The van der Waals surface area contributed by atoms with E-state index in [-0.39, 0.29) is 17.4 Å². The van der Waals surface area contributed by atoms with Gasteiger partial charge in [0.1, 0.15) is 0 Å². The molecule has 4 aromatic rings. The van der Waals surface area contributed by atoms with Gasteiger partial charge < -0.3 is 19.2 Å². The van der Waals surface area contributed by atoms with Crippen molar-refractivity contribution in [1.29, 1.82) is 0 Å². The van der Waals surface area contributed by atoms with Crippen LogP contribution in [0.25, 0.3) is 22.0 Å². The topological polar surface area (TPSA) is 93.2 Å². The Morgan fingerprint density at radius 3 is 2.25 bits per heavy atom. The predicted octanol–water partition coefficient (Wildman–Crippen LogP) is 6.21. The summed E-state index contributed by atoms with van der Waals surface area (Å²) in [6, 6.07) is 18.1. The van der Waals surface area contributed by atoms with Crippen molar-refractivity contribution in [2.45, 2.75) is 26.3 Å². The van der Waals surface area contributed by atoms with Gasteiger partial charge in [0.25, 0.3) is 5.56 Å². The van der Waals surface area contributed by atoms with Gasteiger partial charge in [-0.05, 0) is 41.5 Å². The highest BCUT2D eigenvalue weighted by Gasteiger charge is 2.37. The van der Waals surface area contributed by atoms with Crippen molar-refractivity contribution in [2.75, 3.05) is 21.3 Å². The standard InChI is InChI=1S/C31H30ClN3O5/c1-17(2)31(37)35-24(19-13-25(38-3)29(40-5)26(14-19)39-4)16-23(34-35)28-27(18-9-7-6-8-10-18)21-15-20(32)11-12-22(21)33-30(28)36/h6-15,17,24H,16H2,1-5H3,(H,33,36). The molecule has 40 heavy (non-hydrogen) atoms. The molecular weight excluding hydrogens is 530 g/mol. The second-order valence-corrected chi connectivity index (χ2v) is 10.3. The van der Waals surface area contributed by atoms with Crippen molar-refractivity contribution in [3.63, 3.8) is 0 Å². The van der Waals surface area contributed by atoms with E-state index in [4.69, 9.17) is 30.9 Å². The number of H-pyrrole nitrogens is 1. The molecule has 5 rings (SSSR count). The van der Waals surface area contributed by atoms with Gasteiger partial charge in [-0.2, -0.15) is 5.10 Å². The molecule has 2 heterocycles. The molecule has 1 amide bonds. The summed E-state index contributed by atoms with van der Waals surface area (Å²) < 4.78 is 16.6. The number of aromatic amines is 1. The Balaban J connectivity index is 1.74.